The van der Waals surface area contributed by atoms with Gasteiger partial charge in [0.1, 0.15) is 0 Å². The van der Waals surface area contributed by atoms with E-state index in [0.29, 0.717) is 0 Å². The maximum atomic E-state index is 2.18. The van der Waals surface area contributed by atoms with Crippen molar-refractivity contribution >= 4 is 0 Å². The zero-order valence-corrected chi connectivity index (χ0v) is 7.98. The number of rotatable bonds is 1. The molecule has 0 saturated carbocycles. The van der Waals surface area contributed by atoms with Crippen LogP contribution in [0.1, 0.15) is 26.7 Å². The smallest absolute Gasteiger partial charge is 0.870 e. The van der Waals surface area contributed by atoms with Crippen LogP contribution in [0.3, 0.4) is 0 Å². The molecule has 1 N–H and O–H groups in total. The molecule has 0 unspecified atom stereocenters. The van der Waals surface area contributed by atoms with E-state index in [1.807, 2.05) is 0 Å². The van der Waals surface area contributed by atoms with Gasteiger partial charge in [-0.25, -0.2) is 0 Å². The molecule has 0 aromatic rings. The van der Waals surface area contributed by atoms with Gasteiger partial charge in [0.15, 0.2) is 0 Å². The number of hydrogen-bond acceptors (Lipinski definition) is 1. The van der Waals surface area contributed by atoms with Crippen molar-refractivity contribution < 1.29 is 56.9 Å². The Morgan fingerprint density at radius 1 is 1.00 bits per heavy atom. The van der Waals surface area contributed by atoms with Crippen LogP contribution in [-0.4, -0.2) is 5.48 Å². The van der Waals surface area contributed by atoms with Gasteiger partial charge in [0, 0.05) is 0 Å². The Kier molecular flexibility index (Phi) is 41.7. The third-order valence-corrected chi connectivity index (χ3v) is 0.500. The van der Waals surface area contributed by atoms with Gasteiger partial charge in [-0.05, 0) is 0 Å². The average Bonchev–Trinajstić information content (AvgIpc) is 1.37. The second-order valence-corrected chi connectivity index (χ2v) is 1.000. The molecular formula is C4H11KO. The van der Waals surface area contributed by atoms with Gasteiger partial charge in [0.05, 0.1) is 0 Å². The van der Waals surface area contributed by atoms with Crippen molar-refractivity contribution in [2.24, 2.45) is 0 Å². The van der Waals surface area contributed by atoms with E-state index in [0.717, 1.165) is 0 Å². The molecule has 0 atom stereocenters. The first kappa shape index (κ1) is 15.6. The fourth-order valence-corrected chi connectivity index (χ4v) is 0. The van der Waals surface area contributed by atoms with Crippen LogP contribution in [0, 0.1) is 0 Å². The van der Waals surface area contributed by atoms with Gasteiger partial charge in [-0.1, -0.05) is 26.7 Å². The van der Waals surface area contributed by atoms with Crippen LogP contribution >= 0.6 is 0 Å². The normalized spacial score (nSPS) is 5.00. The predicted octanol–water partition coefficient (Wildman–Crippen LogP) is -1.37. The second kappa shape index (κ2) is 16.0. The SMILES string of the molecule is CCCC.[K+].[OH-]. The fourth-order valence-electron chi connectivity index (χ4n) is 0. The summed E-state index contributed by atoms with van der Waals surface area (Å²) in [6.07, 6.45) is 2.64. The summed E-state index contributed by atoms with van der Waals surface area (Å²) in [5.74, 6) is 0. The molecule has 6 heavy (non-hydrogen) atoms. The Hall–Kier alpha value is 1.60. The quantitative estimate of drug-likeness (QED) is 0.387. The van der Waals surface area contributed by atoms with Crippen molar-refractivity contribution in [3.8, 4) is 0 Å². The van der Waals surface area contributed by atoms with Crippen LogP contribution in [0.2, 0.25) is 0 Å². The molecule has 0 amide bonds. The van der Waals surface area contributed by atoms with E-state index in [4.69, 9.17) is 0 Å². The third-order valence-electron chi connectivity index (χ3n) is 0.500. The minimum absolute atomic E-state index is 0. The van der Waals surface area contributed by atoms with Crippen LogP contribution in [0.25, 0.3) is 0 Å². The number of unbranched alkanes of at least 4 members (excludes halogenated alkanes) is 1. The van der Waals surface area contributed by atoms with E-state index in [1.54, 1.807) is 0 Å². The van der Waals surface area contributed by atoms with E-state index in [2.05, 4.69) is 13.8 Å². The molecule has 0 aromatic carbocycles. The monoisotopic (exact) mass is 114 g/mol. The van der Waals surface area contributed by atoms with E-state index < -0.39 is 0 Å². The molecule has 0 bridgehead atoms. The van der Waals surface area contributed by atoms with Crippen molar-refractivity contribution in [1.29, 1.82) is 0 Å². The van der Waals surface area contributed by atoms with Gasteiger partial charge in [-0.2, -0.15) is 0 Å². The zero-order chi connectivity index (χ0) is 3.41. The number of hydrogen-bond donors (Lipinski definition) is 0. The average molecular weight is 114 g/mol. The van der Waals surface area contributed by atoms with E-state index in [1.165, 1.54) is 12.8 Å². The molecule has 0 aliphatic rings. The van der Waals surface area contributed by atoms with Gasteiger partial charge in [0.2, 0.25) is 0 Å². The van der Waals surface area contributed by atoms with Crippen LogP contribution < -0.4 is 51.4 Å². The summed E-state index contributed by atoms with van der Waals surface area (Å²) in [6, 6.07) is 0. The molecule has 0 rings (SSSR count). The van der Waals surface area contributed by atoms with Crippen molar-refractivity contribution in [1.82, 2.24) is 0 Å². The first-order valence-corrected chi connectivity index (χ1v) is 1.91. The minimum atomic E-state index is 0. The maximum Gasteiger partial charge on any atom is 1.00 e. The Labute approximate surface area is 82.2 Å². The molecule has 0 radical (unpaired) electrons. The van der Waals surface area contributed by atoms with Crippen LogP contribution in [-0.2, 0) is 0 Å². The summed E-state index contributed by atoms with van der Waals surface area (Å²) >= 11 is 0. The van der Waals surface area contributed by atoms with Gasteiger partial charge in [-0.15, -0.1) is 0 Å². The second-order valence-electron chi connectivity index (χ2n) is 1.000. The third kappa shape index (κ3) is 17.5. The van der Waals surface area contributed by atoms with Crippen molar-refractivity contribution in [3.63, 3.8) is 0 Å². The van der Waals surface area contributed by atoms with E-state index >= 15 is 0 Å². The summed E-state index contributed by atoms with van der Waals surface area (Å²) in [7, 11) is 0. The predicted molar refractivity (Wildman–Crippen MR) is 22.5 cm³/mol. The minimum Gasteiger partial charge on any atom is -0.870 e. The van der Waals surface area contributed by atoms with Crippen LogP contribution in [0.5, 0.6) is 0 Å². The van der Waals surface area contributed by atoms with Crippen LogP contribution in [0.15, 0.2) is 0 Å². The Bertz CT molecular complexity index is 9.51. The van der Waals surface area contributed by atoms with E-state index in [9.17, 15) is 0 Å². The van der Waals surface area contributed by atoms with Crippen molar-refractivity contribution in [2.45, 2.75) is 26.7 Å². The first-order valence-electron chi connectivity index (χ1n) is 1.91. The molecule has 1 nitrogen and oxygen atoms in total. The molecule has 2 heteroatoms. The Morgan fingerprint density at radius 3 is 1.17 bits per heavy atom. The molecule has 34 valence electrons. The molecule has 0 aliphatic carbocycles. The fraction of sp³-hybridized carbons (Fsp3) is 1.00. The largest absolute Gasteiger partial charge is 1.00 e. The topological polar surface area (TPSA) is 30.0 Å². The maximum absolute atomic E-state index is 2.18. The summed E-state index contributed by atoms with van der Waals surface area (Å²) in [6.45, 7) is 4.36. The first-order chi connectivity index (χ1) is 1.91. The van der Waals surface area contributed by atoms with Gasteiger partial charge in [0.25, 0.3) is 0 Å². The van der Waals surface area contributed by atoms with E-state index in [-0.39, 0.29) is 56.9 Å². The molecule has 0 heterocycles. The van der Waals surface area contributed by atoms with Gasteiger partial charge < -0.3 is 5.48 Å². The molecular weight excluding hydrogens is 103 g/mol. The zero-order valence-electron chi connectivity index (χ0n) is 4.86. The summed E-state index contributed by atoms with van der Waals surface area (Å²) in [5, 5.41) is 0. The summed E-state index contributed by atoms with van der Waals surface area (Å²) < 4.78 is 0. The molecule has 0 aliphatic heterocycles. The molecule has 0 saturated heterocycles. The van der Waals surface area contributed by atoms with Gasteiger partial charge in [-0.3, -0.25) is 0 Å². The summed E-state index contributed by atoms with van der Waals surface area (Å²) in [4.78, 5) is 0. The van der Waals surface area contributed by atoms with Crippen LogP contribution in [0.4, 0.5) is 0 Å². The Morgan fingerprint density at radius 2 is 1.17 bits per heavy atom. The molecule has 0 spiro atoms. The standard InChI is InChI=1S/C4H10.K.H2O/c1-3-4-2;;/h3-4H2,1-2H3;;1H2/q;+1;/p-1. The van der Waals surface area contributed by atoms with Crippen molar-refractivity contribution in [2.75, 3.05) is 0 Å². The Balaban J connectivity index is -0.0000000450. The van der Waals surface area contributed by atoms with Gasteiger partial charge >= 0.3 is 51.4 Å². The molecule has 0 fully saturated rings. The van der Waals surface area contributed by atoms with Crippen molar-refractivity contribution in [3.05, 3.63) is 0 Å². The summed E-state index contributed by atoms with van der Waals surface area (Å²) in [5.41, 5.74) is 0. The molecule has 0 aromatic heterocycles.